The number of amides is 1. The molecule has 0 unspecified atom stereocenters. The minimum absolute atomic E-state index is 0.146. The Kier molecular flexibility index (Phi) is 5.25. The molecule has 5 nitrogen and oxygen atoms in total. The highest BCUT2D eigenvalue weighted by atomic mass is 16.4. The molecule has 1 saturated heterocycles. The fraction of sp³-hybridized carbons (Fsp3) is 0.875. The van der Waals surface area contributed by atoms with E-state index in [-0.39, 0.29) is 17.7 Å². The summed E-state index contributed by atoms with van der Waals surface area (Å²) in [6.45, 7) is 1.62. The summed E-state index contributed by atoms with van der Waals surface area (Å²) >= 11 is 0. The predicted molar refractivity (Wildman–Crippen MR) is 81.1 cm³/mol. The lowest BCUT2D eigenvalue weighted by Gasteiger charge is -2.37. The number of rotatable bonds is 5. The Morgan fingerprint density at radius 3 is 2.19 bits per heavy atom. The van der Waals surface area contributed by atoms with Gasteiger partial charge in [0.1, 0.15) is 0 Å². The van der Waals surface area contributed by atoms with Crippen molar-refractivity contribution in [3.05, 3.63) is 0 Å². The molecule has 0 aromatic heterocycles. The van der Waals surface area contributed by atoms with E-state index in [4.69, 9.17) is 5.11 Å². The third-order valence-corrected chi connectivity index (χ3v) is 5.26. The zero-order valence-electron chi connectivity index (χ0n) is 13.3. The van der Waals surface area contributed by atoms with Crippen molar-refractivity contribution in [2.75, 3.05) is 27.2 Å². The first-order chi connectivity index (χ1) is 9.92. The molecule has 2 fully saturated rings. The molecule has 5 heteroatoms. The predicted octanol–water partition coefficient (Wildman–Crippen LogP) is 1.96. The largest absolute Gasteiger partial charge is 0.481 e. The van der Waals surface area contributed by atoms with E-state index >= 15 is 0 Å². The third kappa shape index (κ3) is 4.19. The molecule has 0 radical (unpaired) electrons. The molecule has 0 atom stereocenters. The van der Waals surface area contributed by atoms with Crippen LogP contribution in [-0.2, 0) is 9.59 Å². The van der Waals surface area contributed by atoms with Crippen molar-refractivity contribution in [2.24, 2.45) is 5.41 Å². The molecule has 0 aromatic rings. The average molecular weight is 296 g/mol. The van der Waals surface area contributed by atoms with Gasteiger partial charge in [-0.2, -0.15) is 0 Å². The highest BCUT2D eigenvalue weighted by molar-refractivity contribution is 5.78. The molecule has 2 rings (SSSR count). The Morgan fingerprint density at radius 2 is 1.71 bits per heavy atom. The summed E-state index contributed by atoms with van der Waals surface area (Å²) in [6.07, 6.45) is 6.50. The lowest BCUT2D eigenvalue weighted by atomic mass is 9.79. The number of likely N-dealkylation sites (tertiary alicyclic amines) is 1. The number of hydrogen-bond donors (Lipinski definition) is 1. The second kappa shape index (κ2) is 6.77. The lowest BCUT2D eigenvalue weighted by molar-refractivity contribution is -0.141. The fourth-order valence-electron chi connectivity index (χ4n) is 3.93. The Bertz CT molecular complexity index is 381. The number of piperidine rings is 1. The first kappa shape index (κ1) is 16.3. The quantitative estimate of drug-likeness (QED) is 0.842. The minimum atomic E-state index is -0.768. The monoisotopic (exact) mass is 296 g/mol. The van der Waals surface area contributed by atoms with E-state index in [9.17, 15) is 9.59 Å². The van der Waals surface area contributed by atoms with Crippen molar-refractivity contribution in [1.29, 1.82) is 0 Å². The molecule has 1 aliphatic carbocycles. The second-order valence-electron chi connectivity index (χ2n) is 7.03. The molecule has 1 heterocycles. The highest BCUT2D eigenvalue weighted by Crippen LogP contribution is 2.44. The van der Waals surface area contributed by atoms with Crippen LogP contribution < -0.4 is 0 Å². The number of carbonyl (C=O) groups is 2. The third-order valence-electron chi connectivity index (χ3n) is 5.26. The van der Waals surface area contributed by atoms with Crippen LogP contribution >= 0.6 is 0 Å². The minimum Gasteiger partial charge on any atom is -0.481 e. The number of carbonyl (C=O) groups excluding carboxylic acids is 1. The summed E-state index contributed by atoms with van der Waals surface area (Å²) in [5.41, 5.74) is -0.276. The van der Waals surface area contributed by atoms with Crippen LogP contribution in [0.25, 0.3) is 0 Å². The van der Waals surface area contributed by atoms with E-state index < -0.39 is 5.97 Å². The maximum absolute atomic E-state index is 12.5. The van der Waals surface area contributed by atoms with Crippen molar-refractivity contribution in [3.8, 4) is 0 Å². The van der Waals surface area contributed by atoms with Crippen LogP contribution in [-0.4, -0.2) is 60.0 Å². The highest BCUT2D eigenvalue weighted by Gasteiger charge is 2.39. The van der Waals surface area contributed by atoms with Crippen LogP contribution in [0.1, 0.15) is 51.4 Å². The van der Waals surface area contributed by atoms with Crippen LogP contribution in [0.3, 0.4) is 0 Å². The zero-order valence-corrected chi connectivity index (χ0v) is 13.3. The van der Waals surface area contributed by atoms with Crippen LogP contribution in [0.4, 0.5) is 0 Å². The number of aliphatic carboxylic acids is 1. The van der Waals surface area contributed by atoms with Gasteiger partial charge in [-0.1, -0.05) is 12.8 Å². The van der Waals surface area contributed by atoms with Gasteiger partial charge in [0.2, 0.25) is 5.91 Å². The van der Waals surface area contributed by atoms with Crippen LogP contribution in [0.2, 0.25) is 0 Å². The average Bonchev–Trinajstić information content (AvgIpc) is 2.86. The van der Waals surface area contributed by atoms with Crippen molar-refractivity contribution in [2.45, 2.75) is 57.4 Å². The normalized spacial score (nSPS) is 22.7. The Hall–Kier alpha value is -1.10. The Morgan fingerprint density at radius 1 is 1.14 bits per heavy atom. The van der Waals surface area contributed by atoms with Gasteiger partial charge in [-0.15, -0.1) is 0 Å². The molecular formula is C16H28N2O3. The molecule has 1 amide bonds. The van der Waals surface area contributed by atoms with Gasteiger partial charge >= 0.3 is 5.97 Å². The first-order valence-electron chi connectivity index (χ1n) is 8.08. The summed E-state index contributed by atoms with van der Waals surface area (Å²) in [7, 11) is 4.17. The summed E-state index contributed by atoms with van der Waals surface area (Å²) in [6, 6.07) is 0.563. The molecule has 1 saturated carbocycles. The molecule has 1 N–H and O–H groups in total. The van der Waals surface area contributed by atoms with E-state index in [1.807, 2.05) is 4.90 Å². The Labute approximate surface area is 127 Å². The standard InChI is InChI=1S/C16H28N2O3/c1-17(2)13-5-9-18(10-6-13)14(19)11-16(12-15(20)21)7-3-4-8-16/h13H,3-12H2,1-2H3,(H,20,21). The van der Waals surface area contributed by atoms with E-state index in [0.29, 0.717) is 12.5 Å². The van der Waals surface area contributed by atoms with Gasteiger partial charge in [-0.05, 0) is 45.2 Å². The lowest BCUT2D eigenvalue weighted by Crippen LogP contribution is -2.45. The SMILES string of the molecule is CN(C)C1CCN(C(=O)CC2(CC(=O)O)CCCC2)CC1. The molecule has 1 aliphatic heterocycles. The zero-order chi connectivity index (χ0) is 15.5. The summed E-state index contributed by atoms with van der Waals surface area (Å²) in [5, 5.41) is 9.13. The Balaban J connectivity index is 1.90. The molecule has 0 spiro atoms. The van der Waals surface area contributed by atoms with Crippen LogP contribution in [0.15, 0.2) is 0 Å². The van der Waals surface area contributed by atoms with Crippen molar-refractivity contribution in [3.63, 3.8) is 0 Å². The van der Waals surface area contributed by atoms with Gasteiger partial charge in [0.05, 0.1) is 6.42 Å². The molecule has 0 bridgehead atoms. The van der Waals surface area contributed by atoms with Gasteiger partial charge in [-0.3, -0.25) is 9.59 Å². The molecular weight excluding hydrogens is 268 g/mol. The molecule has 0 aromatic carbocycles. The van der Waals surface area contributed by atoms with Gasteiger partial charge in [0, 0.05) is 25.6 Å². The topological polar surface area (TPSA) is 60.9 Å². The molecule has 2 aliphatic rings. The summed E-state index contributed by atoms with van der Waals surface area (Å²) < 4.78 is 0. The maximum Gasteiger partial charge on any atom is 0.303 e. The van der Waals surface area contributed by atoms with Crippen LogP contribution in [0, 0.1) is 5.41 Å². The number of nitrogens with zero attached hydrogens (tertiary/aromatic N) is 2. The molecule has 120 valence electrons. The number of hydrogen-bond acceptors (Lipinski definition) is 3. The van der Waals surface area contributed by atoms with Crippen molar-refractivity contribution >= 4 is 11.9 Å². The second-order valence-corrected chi connectivity index (χ2v) is 7.03. The van der Waals surface area contributed by atoms with Crippen molar-refractivity contribution in [1.82, 2.24) is 9.80 Å². The van der Waals surface area contributed by atoms with Crippen molar-refractivity contribution < 1.29 is 14.7 Å². The maximum atomic E-state index is 12.5. The van der Waals surface area contributed by atoms with E-state index in [2.05, 4.69) is 19.0 Å². The van der Waals surface area contributed by atoms with Gasteiger partial charge in [0.25, 0.3) is 0 Å². The van der Waals surface area contributed by atoms with Gasteiger partial charge in [-0.25, -0.2) is 0 Å². The molecule has 21 heavy (non-hydrogen) atoms. The first-order valence-corrected chi connectivity index (χ1v) is 8.08. The van der Waals surface area contributed by atoms with E-state index in [0.717, 1.165) is 51.6 Å². The van der Waals surface area contributed by atoms with Gasteiger partial charge < -0.3 is 14.9 Å². The smallest absolute Gasteiger partial charge is 0.303 e. The number of carboxylic acid groups (broad SMARTS) is 1. The number of carboxylic acids is 1. The van der Waals surface area contributed by atoms with Gasteiger partial charge in [0.15, 0.2) is 0 Å². The van der Waals surface area contributed by atoms with Crippen LogP contribution in [0.5, 0.6) is 0 Å². The van der Waals surface area contributed by atoms with E-state index in [1.165, 1.54) is 0 Å². The summed E-state index contributed by atoms with van der Waals surface area (Å²) in [5.74, 6) is -0.605. The summed E-state index contributed by atoms with van der Waals surface area (Å²) in [4.78, 5) is 27.8. The fourth-order valence-corrected chi connectivity index (χ4v) is 3.93. The van der Waals surface area contributed by atoms with E-state index in [1.54, 1.807) is 0 Å².